The van der Waals surface area contributed by atoms with Crippen LogP contribution in [-0.4, -0.2) is 28.9 Å². The molecule has 0 radical (unpaired) electrons. The van der Waals surface area contributed by atoms with Gasteiger partial charge < -0.3 is 4.74 Å². The van der Waals surface area contributed by atoms with Gasteiger partial charge in [0.25, 0.3) is 0 Å². The Morgan fingerprint density at radius 1 is 1.03 bits per heavy atom. The summed E-state index contributed by atoms with van der Waals surface area (Å²) in [6, 6.07) is 7.84. The van der Waals surface area contributed by atoms with Crippen LogP contribution in [0.4, 0.5) is 0 Å². The number of esters is 1. The minimum absolute atomic E-state index is 0.000153. The summed E-state index contributed by atoms with van der Waals surface area (Å²) >= 11 is 0. The smallest absolute Gasteiger partial charge is 0.303 e. The second kappa shape index (κ2) is 8.39. The molecule has 1 aromatic rings. The molecule has 184 valence electrons. The highest BCUT2D eigenvalue weighted by molar-refractivity contribution is 5.94. The first-order valence-electron chi connectivity index (χ1n) is 12.9. The molecule has 0 unspecified atom stereocenters. The van der Waals surface area contributed by atoms with Gasteiger partial charge in [0, 0.05) is 30.2 Å². The van der Waals surface area contributed by atoms with Gasteiger partial charge in [0.05, 0.1) is 0 Å². The van der Waals surface area contributed by atoms with Crippen molar-refractivity contribution in [1.82, 2.24) is 0 Å². The lowest BCUT2D eigenvalue weighted by Gasteiger charge is -2.55. The third-order valence-corrected chi connectivity index (χ3v) is 9.44. The van der Waals surface area contributed by atoms with E-state index < -0.39 is 17.0 Å². The number of carbonyl (C=O) groups is 4. The Kier molecular flexibility index (Phi) is 5.73. The normalized spacial score (nSPS) is 33.9. The molecule has 0 bridgehead atoms. The van der Waals surface area contributed by atoms with Crippen LogP contribution in [0.5, 0.6) is 0 Å². The predicted octanol–water partition coefficient (Wildman–Crippen LogP) is 5.68. The van der Waals surface area contributed by atoms with Gasteiger partial charge in [-0.05, 0) is 93.1 Å². The van der Waals surface area contributed by atoms with Crippen LogP contribution >= 0.6 is 0 Å². The first-order chi connectivity index (χ1) is 16.6. The number of allylic oxidation sites excluding steroid dienone is 4. The number of ketones is 3. The van der Waals surface area contributed by atoms with E-state index in [4.69, 9.17) is 4.74 Å². The fourth-order valence-electron chi connectivity index (χ4n) is 7.98. The fraction of sp³-hybridized carbons (Fsp3) is 0.533. The maximum atomic E-state index is 13.2. The van der Waals surface area contributed by atoms with Crippen LogP contribution in [0.25, 0.3) is 0 Å². The van der Waals surface area contributed by atoms with E-state index in [1.807, 2.05) is 24.3 Å². The van der Waals surface area contributed by atoms with Gasteiger partial charge in [-0.25, -0.2) is 0 Å². The highest BCUT2D eigenvalue weighted by Gasteiger charge is 2.67. The maximum Gasteiger partial charge on any atom is 0.303 e. The summed E-state index contributed by atoms with van der Waals surface area (Å²) in [5.74, 6) is 0.208. The minimum Gasteiger partial charge on any atom is -0.451 e. The van der Waals surface area contributed by atoms with E-state index in [9.17, 15) is 19.2 Å². The zero-order valence-electron chi connectivity index (χ0n) is 21.1. The van der Waals surface area contributed by atoms with E-state index in [-0.39, 0.29) is 35.1 Å². The molecule has 2 saturated carbocycles. The zero-order valence-corrected chi connectivity index (χ0v) is 21.1. The SMILES string of the molecule is CC(=O)O[C@]1(C(C)=O)CC[C@H]2[C@@H]3CCC4=CC(=O)CCC4=C3[C@@H](c3cccc(C(C)=O)c3)C[C@@]21C. The molecule has 35 heavy (non-hydrogen) atoms. The van der Waals surface area contributed by atoms with Crippen molar-refractivity contribution < 1.29 is 23.9 Å². The Balaban J connectivity index is 1.72. The molecule has 0 saturated heterocycles. The third kappa shape index (κ3) is 3.57. The van der Waals surface area contributed by atoms with Crippen molar-refractivity contribution in [2.24, 2.45) is 17.3 Å². The van der Waals surface area contributed by atoms with Crippen LogP contribution in [0, 0.1) is 17.3 Å². The summed E-state index contributed by atoms with van der Waals surface area (Å²) in [7, 11) is 0. The number of carbonyl (C=O) groups excluding carboxylic acids is 4. The monoisotopic (exact) mass is 474 g/mol. The summed E-state index contributed by atoms with van der Waals surface area (Å²) < 4.78 is 5.96. The van der Waals surface area contributed by atoms with Gasteiger partial charge in [-0.15, -0.1) is 0 Å². The number of ether oxygens (including phenoxy) is 1. The average Bonchev–Trinajstić information content (AvgIpc) is 3.10. The molecule has 0 aliphatic heterocycles. The molecule has 5 atom stereocenters. The largest absolute Gasteiger partial charge is 0.451 e. The van der Waals surface area contributed by atoms with Crippen molar-refractivity contribution in [3.63, 3.8) is 0 Å². The molecule has 5 heteroatoms. The van der Waals surface area contributed by atoms with E-state index >= 15 is 0 Å². The van der Waals surface area contributed by atoms with Crippen LogP contribution in [0.3, 0.4) is 0 Å². The van der Waals surface area contributed by atoms with Crippen molar-refractivity contribution in [1.29, 1.82) is 0 Å². The fourth-order valence-corrected chi connectivity index (χ4v) is 7.98. The topological polar surface area (TPSA) is 77.5 Å². The molecule has 5 rings (SSSR count). The van der Waals surface area contributed by atoms with Crippen molar-refractivity contribution in [3.05, 3.63) is 58.2 Å². The molecular formula is C30H34O5. The third-order valence-electron chi connectivity index (χ3n) is 9.44. The van der Waals surface area contributed by atoms with E-state index in [1.54, 1.807) is 13.8 Å². The van der Waals surface area contributed by atoms with E-state index in [0.717, 1.165) is 31.2 Å². The Bertz CT molecular complexity index is 1200. The molecule has 5 nitrogen and oxygen atoms in total. The van der Waals surface area contributed by atoms with Crippen molar-refractivity contribution >= 4 is 23.3 Å². The lowest BCUT2D eigenvalue weighted by molar-refractivity contribution is -0.182. The summed E-state index contributed by atoms with van der Waals surface area (Å²) in [6.45, 7) is 6.68. The average molecular weight is 475 g/mol. The highest BCUT2D eigenvalue weighted by atomic mass is 16.6. The minimum atomic E-state index is -1.13. The van der Waals surface area contributed by atoms with Crippen molar-refractivity contribution in [2.75, 3.05) is 0 Å². The molecule has 4 aliphatic carbocycles. The second-order valence-corrected chi connectivity index (χ2v) is 11.2. The molecular weight excluding hydrogens is 440 g/mol. The molecule has 2 fully saturated rings. The summed E-state index contributed by atoms with van der Waals surface area (Å²) in [5, 5.41) is 0. The number of hydrogen-bond donors (Lipinski definition) is 0. The number of fused-ring (bicyclic) bond motifs is 4. The Hall–Kier alpha value is -2.82. The first kappa shape index (κ1) is 23.9. The van der Waals surface area contributed by atoms with Crippen LogP contribution < -0.4 is 0 Å². The van der Waals surface area contributed by atoms with Gasteiger partial charge in [0.15, 0.2) is 23.0 Å². The molecule has 0 spiro atoms. The van der Waals surface area contributed by atoms with E-state index in [2.05, 4.69) is 13.0 Å². The number of Topliss-reactive ketones (excluding diaryl/α,β-unsaturated/α-hetero) is 2. The quantitative estimate of drug-likeness (QED) is 0.414. The summed E-state index contributed by atoms with van der Waals surface area (Å²) in [4.78, 5) is 49.9. The molecule has 0 N–H and O–H groups in total. The highest BCUT2D eigenvalue weighted by Crippen LogP contribution is 2.67. The lowest BCUT2D eigenvalue weighted by atomic mass is 9.50. The van der Waals surface area contributed by atoms with Gasteiger partial charge in [0.2, 0.25) is 0 Å². The molecule has 0 aromatic heterocycles. The standard InChI is InChI=1S/C30H34O5/c1-17(31)20-6-5-7-21(14-20)26-16-29(4)27(12-13-30(29,18(2)32)35-19(3)33)25-10-8-22-15-23(34)9-11-24(22)28(25)26/h5-7,14-15,25-27H,8-13,16H2,1-4H3/t25-,26+,27-,29-,30-/m0/s1. The van der Waals surface area contributed by atoms with Gasteiger partial charge in [-0.2, -0.15) is 0 Å². The van der Waals surface area contributed by atoms with Crippen LogP contribution in [0.15, 0.2) is 47.1 Å². The van der Waals surface area contributed by atoms with Gasteiger partial charge >= 0.3 is 5.97 Å². The molecule has 0 amide bonds. The number of benzene rings is 1. The van der Waals surface area contributed by atoms with Gasteiger partial charge in [0.1, 0.15) is 0 Å². The second-order valence-electron chi connectivity index (χ2n) is 11.2. The van der Waals surface area contributed by atoms with E-state index in [1.165, 1.54) is 23.6 Å². The predicted molar refractivity (Wildman–Crippen MR) is 132 cm³/mol. The molecule has 4 aliphatic rings. The van der Waals surface area contributed by atoms with Crippen LogP contribution in [-0.2, 0) is 19.1 Å². The first-order valence-corrected chi connectivity index (χ1v) is 12.9. The zero-order chi connectivity index (χ0) is 25.1. The van der Waals surface area contributed by atoms with Crippen LogP contribution in [0.1, 0.15) is 94.5 Å². The van der Waals surface area contributed by atoms with Gasteiger partial charge in [-0.1, -0.05) is 30.7 Å². The van der Waals surface area contributed by atoms with Gasteiger partial charge in [-0.3, -0.25) is 19.2 Å². The Morgan fingerprint density at radius 2 is 1.80 bits per heavy atom. The molecule has 0 heterocycles. The Morgan fingerprint density at radius 3 is 2.49 bits per heavy atom. The molecule has 1 aromatic carbocycles. The lowest BCUT2D eigenvalue weighted by Crippen LogP contribution is -2.57. The maximum absolute atomic E-state index is 13.2. The van der Waals surface area contributed by atoms with Crippen molar-refractivity contribution in [2.45, 2.75) is 84.2 Å². The summed E-state index contributed by atoms with van der Waals surface area (Å²) in [5.41, 5.74) is 3.96. The van der Waals surface area contributed by atoms with Crippen molar-refractivity contribution in [3.8, 4) is 0 Å². The van der Waals surface area contributed by atoms with E-state index in [0.29, 0.717) is 24.8 Å². The number of rotatable bonds is 4. The van der Waals surface area contributed by atoms with Crippen LogP contribution in [0.2, 0.25) is 0 Å². The summed E-state index contributed by atoms with van der Waals surface area (Å²) in [6.07, 6.45) is 6.96. The number of hydrogen-bond acceptors (Lipinski definition) is 5. The Labute approximate surface area is 207 Å².